The van der Waals surface area contributed by atoms with Crippen LogP contribution in [0.3, 0.4) is 0 Å². The molecular formula is C11H10FN3O. The predicted octanol–water partition coefficient (Wildman–Crippen LogP) is 1.59. The Morgan fingerprint density at radius 2 is 2.31 bits per heavy atom. The molecule has 1 aliphatic rings. The molecule has 0 aliphatic heterocycles. The monoisotopic (exact) mass is 219 g/mol. The van der Waals surface area contributed by atoms with Crippen LogP contribution in [0.25, 0.3) is 11.0 Å². The van der Waals surface area contributed by atoms with E-state index in [1.165, 1.54) is 12.4 Å². The van der Waals surface area contributed by atoms with E-state index in [0.717, 1.165) is 12.8 Å². The number of fused-ring (bicyclic) bond motifs is 1. The molecule has 4 nitrogen and oxygen atoms in total. The Morgan fingerprint density at radius 3 is 3.06 bits per heavy atom. The first-order chi connectivity index (χ1) is 7.75. The lowest BCUT2D eigenvalue weighted by molar-refractivity contribution is 0.0947. The number of imidazole rings is 1. The Hall–Kier alpha value is -1.91. The molecular weight excluding hydrogens is 209 g/mol. The van der Waals surface area contributed by atoms with Crippen LogP contribution in [-0.2, 0) is 0 Å². The molecule has 0 unspecified atom stereocenters. The zero-order valence-corrected chi connectivity index (χ0v) is 8.46. The van der Waals surface area contributed by atoms with Gasteiger partial charge in [-0.25, -0.2) is 9.37 Å². The van der Waals surface area contributed by atoms with Crippen molar-refractivity contribution in [2.75, 3.05) is 0 Å². The zero-order valence-electron chi connectivity index (χ0n) is 8.46. The molecule has 5 heteroatoms. The summed E-state index contributed by atoms with van der Waals surface area (Å²) in [5.41, 5.74) is 0.871. The van der Waals surface area contributed by atoms with Crippen molar-refractivity contribution >= 4 is 16.9 Å². The topological polar surface area (TPSA) is 57.8 Å². The van der Waals surface area contributed by atoms with E-state index < -0.39 is 5.82 Å². The summed E-state index contributed by atoms with van der Waals surface area (Å²) < 4.78 is 13.9. The van der Waals surface area contributed by atoms with Crippen molar-refractivity contribution in [2.45, 2.75) is 18.9 Å². The molecule has 3 rings (SSSR count). The number of carbonyl (C=O) groups is 1. The number of rotatable bonds is 2. The van der Waals surface area contributed by atoms with Gasteiger partial charge >= 0.3 is 0 Å². The number of aromatic amines is 1. The molecule has 0 radical (unpaired) electrons. The quantitative estimate of drug-likeness (QED) is 0.805. The first-order valence-electron chi connectivity index (χ1n) is 5.18. The van der Waals surface area contributed by atoms with Crippen molar-refractivity contribution in [3.63, 3.8) is 0 Å². The average Bonchev–Trinajstić information content (AvgIpc) is 2.94. The molecule has 0 atom stereocenters. The number of hydrogen-bond donors (Lipinski definition) is 2. The lowest BCUT2D eigenvalue weighted by Crippen LogP contribution is -2.26. The standard InChI is InChI=1S/C11H10FN3O/c12-9-7(11(16)15-6-1-2-6)3-4-8-10(9)14-5-13-8/h3-6H,1-2H2,(H,13,14)(H,15,16). The highest BCUT2D eigenvalue weighted by atomic mass is 19.1. The van der Waals surface area contributed by atoms with Gasteiger partial charge in [-0.1, -0.05) is 0 Å². The first kappa shape index (κ1) is 9.33. The molecule has 1 saturated carbocycles. The minimum atomic E-state index is -0.558. The number of hydrogen-bond acceptors (Lipinski definition) is 2. The van der Waals surface area contributed by atoms with E-state index in [1.807, 2.05) is 0 Å². The van der Waals surface area contributed by atoms with Crippen molar-refractivity contribution in [3.8, 4) is 0 Å². The number of H-pyrrole nitrogens is 1. The van der Waals surface area contributed by atoms with Crippen LogP contribution in [0.15, 0.2) is 18.5 Å². The van der Waals surface area contributed by atoms with Crippen LogP contribution in [0.2, 0.25) is 0 Å². The summed E-state index contributed by atoms with van der Waals surface area (Å²) in [5, 5.41) is 2.75. The third-order valence-corrected chi connectivity index (χ3v) is 2.69. The van der Waals surface area contributed by atoms with Crippen molar-refractivity contribution in [1.82, 2.24) is 15.3 Å². The summed E-state index contributed by atoms with van der Waals surface area (Å²) in [7, 11) is 0. The van der Waals surface area contributed by atoms with E-state index in [1.54, 1.807) is 6.07 Å². The zero-order chi connectivity index (χ0) is 11.1. The van der Waals surface area contributed by atoms with Crippen molar-refractivity contribution in [2.24, 2.45) is 0 Å². The smallest absolute Gasteiger partial charge is 0.254 e. The third-order valence-electron chi connectivity index (χ3n) is 2.69. The number of nitrogens with one attached hydrogen (secondary N) is 2. The normalized spacial score (nSPS) is 15.3. The molecule has 0 saturated heterocycles. The molecule has 1 aromatic carbocycles. The number of benzene rings is 1. The van der Waals surface area contributed by atoms with Gasteiger partial charge in [0.05, 0.1) is 17.4 Å². The van der Waals surface area contributed by atoms with Crippen LogP contribution in [-0.4, -0.2) is 21.9 Å². The maximum atomic E-state index is 13.9. The summed E-state index contributed by atoms with van der Waals surface area (Å²) >= 11 is 0. The van der Waals surface area contributed by atoms with Crippen LogP contribution in [0, 0.1) is 5.82 Å². The molecule has 82 valence electrons. The van der Waals surface area contributed by atoms with Gasteiger partial charge in [-0.15, -0.1) is 0 Å². The van der Waals surface area contributed by atoms with Gasteiger partial charge < -0.3 is 10.3 Å². The van der Waals surface area contributed by atoms with E-state index >= 15 is 0 Å². The highest BCUT2D eigenvalue weighted by Crippen LogP contribution is 2.21. The number of nitrogens with zero attached hydrogens (tertiary/aromatic N) is 1. The average molecular weight is 219 g/mol. The van der Waals surface area contributed by atoms with Gasteiger partial charge in [-0.05, 0) is 25.0 Å². The lowest BCUT2D eigenvalue weighted by atomic mass is 10.1. The van der Waals surface area contributed by atoms with Gasteiger partial charge in [-0.3, -0.25) is 4.79 Å². The van der Waals surface area contributed by atoms with Gasteiger partial charge in [0.2, 0.25) is 0 Å². The predicted molar refractivity (Wildman–Crippen MR) is 56.5 cm³/mol. The Bertz CT molecular complexity index is 559. The van der Waals surface area contributed by atoms with E-state index in [-0.39, 0.29) is 23.0 Å². The van der Waals surface area contributed by atoms with Crippen molar-refractivity contribution in [3.05, 3.63) is 29.8 Å². The van der Waals surface area contributed by atoms with Crippen LogP contribution in [0.1, 0.15) is 23.2 Å². The molecule has 0 spiro atoms. The maximum Gasteiger partial charge on any atom is 0.254 e. The summed E-state index contributed by atoms with van der Waals surface area (Å²) in [6.45, 7) is 0. The summed E-state index contributed by atoms with van der Waals surface area (Å²) in [4.78, 5) is 18.3. The van der Waals surface area contributed by atoms with E-state index in [4.69, 9.17) is 0 Å². The SMILES string of the molecule is O=C(NC1CC1)c1ccc2[nH]cnc2c1F. The second-order valence-corrected chi connectivity index (χ2v) is 3.97. The Balaban J connectivity index is 2.01. The number of halogens is 1. The minimum absolute atomic E-state index is 0.0616. The molecule has 1 heterocycles. The summed E-state index contributed by atoms with van der Waals surface area (Å²) in [5.74, 6) is -0.915. The fraction of sp³-hybridized carbons (Fsp3) is 0.273. The highest BCUT2D eigenvalue weighted by Gasteiger charge is 2.25. The highest BCUT2D eigenvalue weighted by molar-refractivity contribution is 5.98. The molecule has 1 aromatic heterocycles. The molecule has 0 bridgehead atoms. The van der Waals surface area contributed by atoms with Crippen molar-refractivity contribution in [1.29, 1.82) is 0 Å². The van der Waals surface area contributed by atoms with E-state index in [2.05, 4.69) is 15.3 Å². The third kappa shape index (κ3) is 1.44. The number of carbonyl (C=O) groups excluding carboxylic acids is 1. The Morgan fingerprint density at radius 1 is 1.50 bits per heavy atom. The molecule has 16 heavy (non-hydrogen) atoms. The van der Waals surface area contributed by atoms with Gasteiger partial charge in [0, 0.05) is 6.04 Å². The van der Waals surface area contributed by atoms with Crippen LogP contribution < -0.4 is 5.32 Å². The second kappa shape index (κ2) is 3.30. The van der Waals surface area contributed by atoms with Gasteiger partial charge in [-0.2, -0.15) is 0 Å². The van der Waals surface area contributed by atoms with Crippen molar-refractivity contribution < 1.29 is 9.18 Å². The van der Waals surface area contributed by atoms with Gasteiger partial charge in [0.1, 0.15) is 5.52 Å². The van der Waals surface area contributed by atoms with Crippen LogP contribution in [0.5, 0.6) is 0 Å². The second-order valence-electron chi connectivity index (χ2n) is 3.97. The number of aromatic nitrogens is 2. The van der Waals surface area contributed by atoms with Gasteiger partial charge in [0.25, 0.3) is 5.91 Å². The minimum Gasteiger partial charge on any atom is -0.349 e. The fourth-order valence-electron chi connectivity index (χ4n) is 1.64. The Labute approximate surface area is 90.9 Å². The van der Waals surface area contributed by atoms with E-state index in [0.29, 0.717) is 5.52 Å². The Kier molecular flexibility index (Phi) is 1.92. The van der Waals surface area contributed by atoms with Crippen LogP contribution >= 0.6 is 0 Å². The lowest BCUT2D eigenvalue weighted by Gasteiger charge is -2.04. The largest absolute Gasteiger partial charge is 0.349 e. The molecule has 2 N–H and O–H groups in total. The summed E-state index contributed by atoms with van der Waals surface area (Å²) in [6, 6.07) is 3.36. The van der Waals surface area contributed by atoms with Crippen LogP contribution in [0.4, 0.5) is 4.39 Å². The summed E-state index contributed by atoms with van der Waals surface area (Å²) in [6.07, 6.45) is 3.38. The number of amides is 1. The molecule has 2 aromatic rings. The molecule has 1 fully saturated rings. The fourth-order valence-corrected chi connectivity index (χ4v) is 1.64. The van der Waals surface area contributed by atoms with E-state index in [9.17, 15) is 9.18 Å². The molecule has 1 aliphatic carbocycles. The van der Waals surface area contributed by atoms with Gasteiger partial charge in [0.15, 0.2) is 5.82 Å². The maximum absolute atomic E-state index is 13.9. The molecule has 1 amide bonds. The first-order valence-corrected chi connectivity index (χ1v) is 5.18.